The zero-order chi connectivity index (χ0) is 11.5. The highest BCUT2D eigenvalue weighted by Gasteiger charge is 2.11. The van der Waals surface area contributed by atoms with Crippen molar-refractivity contribution in [2.24, 2.45) is 10.2 Å². The van der Waals surface area contributed by atoms with Gasteiger partial charge in [-0.15, -0.1) is 4.51 Å². The SMILES string of the molecule is NC(=NCl)NC(=O)c1c[nH]c2ccccc12. The van der Waals surface area contributed by atoms with E-state index in [2.05, 4.69) is 14.8 Å². The number of carbonyl (C=O) groups excluding carboxylic acids is 1. The number of rotatable bonds is 1. The molecule has 5 nitrogen and oxygen atoms in total. The summed E-state index contributed by atoms with van der Waals surface area (Å²) in [6, 6.07) is 7.46. The Hall–Kier alpha value is -2.01. The lowest BCUT2D eigenvalue weighted by Crippen LogP contribution is -2.36. The molecule has 6 heteroatoms. The van der Waals surface area contributed by atoms with Gasteiger partial charge in [0.25, 0.3) is 5.91 Å². The molecule has 1 aromatic carbocycles. The fraction of sp³-hybridized carbons (Fsp3) is 0. The minimum atomic E-state index is -0.348. The number of para-hydroxylation sites is 1. The van der Waals surface area contributed by atoms with Gasteiger partial charge in [0.15, 0.2) is 0 Å². The van der Waals surface area contributed by atoms with Crippen LogP contribution in [0.3, 0.4) is 0 Å². The van der Waals surface area contributed by atoms with E-state index in [1.54, 1.807) is 6.20 Å². The van der Waals surface area contributed by atoms with Gasteiger partial charge in [0.2, 0.25) is 5.96 Å². The summed E-state index contributed by atoms with van der Waals surface area (Å²) in [5.41, 5.74) is 6.68. The van der Waals surface area contributed by atoms with Crippen molar-refractivity contribution in [3.63, 3.8) is 0 Å². The first kappa shape index (κ1) is 10.5. The molecule has 0 unspecified atom stereocenters. The van der Waals surface area contributed by atoms with Crippen LogP contribution in [0.15, 0.2) is 35.0 Å². The Morgan fingerprint density at radius 2 is 2.19 bits per heavy atom. The molecule has 0 aliphatic heterocycles. The van der Waals surface area contributed by atoms with Crippen LogP contribution in [0.2, 0.25) is 0 Å². The van der Waals surface area contributed by atoms with Crippen molar-refractivity contribution in [1.82, 2.24) is 10.3 Å². The van der Waals surface area contributed by atoms with Crippen LogP contribution in [0.25, 0.3) is 10.9 Å². The summed E-state index contributed by atoms with van der Waals surface area (Å²) in [5.74, 6) is -0.476. The number of fused-ring (bicyclic) bond motifs is 1. The molecule has 0 aliphatic rings. The Bertz CT molecular complexity index is 561. The molecule has 0 radical (unpaired) electrons. The van der Waals surface area contributed by atoms with Crippen molar-refractivity contribution in [2.75, 3.05) is 0 Å². The molecule has 1 heterocycles. The van der Waals surface area contributed by atoms with Gasteiger partial charge in [-0.3, -0.25) is 10.1 Å². The third-order valence-corrected chi connectivity index (χ3v) is 2.35. The van der Waals surface area contributed by atoms with Crippen LogP contribution in [0.1, 0.15) is 10.4 Å². The minimum Gasteiger partial charge on any atom is -0.369 e. The maximum Gasteiger partial charge on any atom is 0.260 e. The topological polar surface area (TPSA) is 83.3 Å². The normalized spacial score (nSPS) is 11.7. The molecule has 0 aliphatic carbocycles. The number of aromatic nitrogens is 1. The highest BCUT2D eigenvalue weighted by Crippen LogP contribution is 2.17. The number of aromatic amines is 1. The largest absolute Gasteiger partial charge is 0.369 e. The molecule has 0 fully saturated rings. The fourth-order valence-corrected chi connectivity index (χ4v) is 1.51. The maximum atomic E-state index is 11.7. The van der Waals surface area contributed by atoms with E-state index >= 15 is 0 Å². The van der Waals surface area contributed by atoms with E-state index in [4.69, 9.17) is 17.5 Å². The highest BCUT2D eigenvalue weighted by molar-refractivity contribution is 6.21. The standard InChI is InChI=1S/C10H9ClN4O/c11-15-10(12)14-9(16)7-5-13-8-4-2-1-3-6(7)8/h1-5,13H,(H3,12,14,15,16). The van der Waals surface area contributed by atoms with Gasteiger partial charge in [0, 0.05) is 28.9 Å². The summed E-state index contributed by atoms with van der Waals surface area (Å²) < 4.78 is 3.14. The Morgan fingerprint density at radius 1 is 1.44 bits per heavy atom. The van der Waals surface area contributed by atoms with Crippen LogP contribution < -0.4 is 11.1 Å². The van der Waals surface area contributed by atoms with Crippen molar-refractivity contribution in [2.45, 2.75) is 0 Å². The maximum absolute atomic E-state index is 11.7. The van der Waals surface area contributed by atoms with Gasteiger partial charge < -0.3 is 10.7 Å². The number of benzene rings is 1. The van der Waals surface area contributed by atoms with Crippen LogP contribution in [0.5, 0.6) is 0 Å². The van der Waals surface area contributed by atoms with E-state index in [1.165, 1.54) is 0 Å². The van der Waals surface area contributed by atoms with Gasteiger partial charge in [-0.25, -0.2) is 0 Å². The molecule has 82 valence electrons. The highest BCUT2D eigenvalue weighted by atomic mass is 35.5. The number of nitrogens with one attached hydrogen (secondary N) is 2. The number of hydrogen-bond acceptors (Lipinski definition) is 2. The molecular formula is C10H9ClN4O. The Morgan fingerprint density at radius 3 is 2.94 bits per heavy atom. The third kappa shape index (κ3) is 1.85. The van der Waals surface area contributed by atoms with Crippen LogP contribution in [0, 0.1) is 0 Å². The molecule has 1 aromatic heterocycles. The smallest absolute Gasteiger partial charge is 0.260 e. The second-order valence-corrected chi connectivity index (χ2v) is 3.34. The Balaban J connectivity index is 2.37. The summed E-state index contributed by atoms with van der Waals surface area (Å²) in [6.45, 7) is 0. The van der Waals surface area contributed by atoms with E-state index in [0.717, 1.165) is 10.9 Å². The number of guanidine groups is 1. The van der Waals surface area contributed by atoms with Crippen LogP contribution >= 0.6 is 11.8 Å². The minimum absolute atomic E-state index is 0.128. The van der Waals surface area contributed by atoms with Gasteiger partial charge in [0.1, 0.15) is 0 Å². The number of carbonyl (C=O) groups is 1. The average molecular weight is 237 g/mol. The number of amides is 1. The predicted octanol–water partition coefficient (Wildman–Crippen LogP) is 1.37. The fourth-order valence-electron chi connectivity index (χ4n) is 1.46. The lowest BCUT2D eigenvalue weighted by atomic mass is 10.1. The molecule has 0 atom stereocenters. The van der Waals surface area contributed by atoms with E-state index in [9.17, 15) is 4.79 Å². The molecule has 0 saturated carbocycles. The van der Waals surface area contributed by atoms with Crippen molar-refractivity contribution in [1.29, 1.82) is 0 Å². The summed E-state index contributed by atoms with van der Waals surface area (Å²) >= 11 is 5.12. The third-order valence-electron chi connectivity index (χ3n) is 2.17. The van der Waals surface area contributed by atoms with Crippen molar-refractivity contribution in [3.05, 3.63) is 36.0 Å². The molecule has 0 spiro atoms. The molecule has 2 aromatic rings. The van der Waals surface area contributed by atoms with E-state index in [1.807, 2.05) is 24.3 Å². The second kappa shape index (κ2) is 4.24. The lowest BCUT2D eigenvalue weighted by Gasteiger charge is -2.00. The van der Waals surface area contributed by atoms with Crippen LogP contribution in [-0.4, -0.2) is 16.9 Å². The zero-order valence-corrected chi connectivity index (χ0v) is 8.95. The number of H-pyrrole nitrogens is 1. The van der Waals surface area contributed by atoms with Crippen molar-refractivity contribution in [3.8, 4) is 0 Å². The van der Waals surface area contributed by atoms with Crippen LogP contribution in [0.4, 0.5) is 0 Å². The summed E-state index contributed by atoms with van der Waals surface area (Å²) in [7, 11) is 0. The molecule has 16 heavy (non-hydrogen) atoms. The van der Waals surface area contributed by atoms with Crippen molar-refractivity contribution >= 4 is 34.5 Å². The average Bonchev–Trinajstić information content (AvgIpc) is 2.72. The van der Waals surface area contributed by atoms with Gasteiger partial charge in [-0.2, -0.15) is 0 Å². The second-order valence-electron chi connectivity index (χ2n) is 3.17. The first-order chi connectivity index (χ1) is 7.72. The molecule has 0 saturated heterocycles. The van der Waals surface area contributed by atoms with Crippen LogP contribution in [-0.2, 0) is 0 Å². The van der Waals surface area contributed by atoms with Crippen molar-refractivity contribution < 1.29 is 4.79 Å². The first-order valence-electron chi connectivity index (χ1n) is 4.54. The Labute approximate surface area is 96.4 Å². The number of nitrogens with two attached hydrogens (primary N) is 1. The number of nitrogens with zero attached hydrogens (tertiary/aromatic N) is 1. The quantitative estimate of drug-likeness (QED) is 0.516. The number of halogens is 1. The lowest BCUT2D eigenvalue weighted by molar-refractivity contribution is 0.0978. The van der Waals surface area contributed by atoms with E-state index < -0.39 is 0 Å². The van der Waals surface area contributed by atoms with Gasteiger partial charge in [0.05, 0.1) is 5.56 Å². The Kier molecular flexibility index (Phi) is 2.78. The summed E-state index contributed by atoms with van der Waals surface area (Å²) in [5, 5.41) is 3.18. The molecular weight excluding hydrogens is 228 g/mol. The van der Waals surface area contributed by atoms with E-state index in [-0.39, 0.29) is 11.9 Å². The molecule has 2 rings (SSSR count). The van der Waals surface area contributed by atoms with E-state index in [0.29, 0.717) is 5.56 Å². The van der Waals surface area contributed by atoms with Gasteiger partial charge >= 0.3 is 0 Å². The first-order valence-corrected chi connectivity index (χ1v) is 4.88. The monoisotopic (exact) mass is 236 g/mol. The molecule has 0 bridgehead atoms. The van der Waals surface area contributed by atoms with Gasteiger partial charge in [-0.1, -0.05) is 18.2 Å². The molecule has 1 amide bonds. The predicted molar refractivity (Wildman–Crippen MR) is 63.2 cm³/mol. The van der Waals surface area contributed by atoms with Gasteiger partial charge in [-0.05, 0) is 6.07 Å². The zero-order valence-electron chi connectivity index (χ0n) is 8.20. The molecule has 4 N–H and O–H groups in total. The number of hydrogen-bond donors (Lipinski definition) is 3. The summed E-state index contributed by atoms with van der Waals surface area (Å²) in [4.78, 5) is 14.7. The summed E-state index contributed by atoms with van der Waals surface area (Å²) in [6.07, 6.45) is 1.61.